The molecule has 2 aromatic carbocycles. The highest BCUT2D eigenvalue weighted by Crippen LogP contribution is 2.36. The number of aromatic nitrogens is 2. The number of morpholine rings is 1. The lowest BCUT2D eigenvalue weighted by molar-refractivity contribution is -0.118. The van der Waals surface area contributed by atoms with E-state index in [1.807, 2.05) is 4.90 Å². The molecule has 0 unspecified atom stereocenters. The Morgan fingerprint density at radius 2 is 1.86 bits per heavy atom. The van der Waals surface area contributed by atoms with E-state index >= 15 is 0 Å². The Morgan fingerprint density at radius 1 is 1.11 bits per heavy atom. The van der Waals surface area contributed by atoms with Gasteiger partial charge in [-0.15, -0.1) is 0 Å². The van der Waals surface area contributed by atoms with Gasteiger partial charge in [0.05, 0.1) is 46.4 Å². The average Bonchev–Trinajstić information content (AvgIpc) is 2.82. The van der Waals surface area contributed by atoms with Crippen molar-refractivity contribution in [3.63, 3.8) is 0 Å². The second-order valence-corrected chi connectivity index (χ2v) is 8.91. The fourth-order valence-electron chi connectivity index (χ4n) is 4.07. The van der Waals surface area contributed by atoms with Crippen molar-refractivity contribution in [3.8, 4) is 0 Å². The van der Waals surface area contributed by atoms with Crippen LogP contribution in [0, 0.1) is 5.82 Å². The summed E-state index contributed by atoms with van der Waals surface area (Å²) in [6.45, 7) is 2.87. The number of carbonyl (C=O) groups excluding carboxylic acids is 1. The molecule has 8 nitrogen and oxygen atoms in total. The number of rotatable bonds is 5. The number of halogens is 3. The van der Waals surface area contributed by atoms with Gasteiger partial charge in [-0.1, -0.05) is 23.2 Å². The van der Waals surface area contributed by atoms with Crippen molar-refractivity contribution in [2.24, 2.45) is 0 Å². The van der Waals surface area contributed by atoms with Gasteiger partial charge in [-0.3, -0.25) is 14.5 Å². The summed E-state index contributed by atoms with van der Waals surface area (Å²) in [6.07, 6.45) is 1.51. The maximum Gasteiger partial charge on any atom is 0.256 e. The second-order valence-electron chi connectivity index (χ2n) is 8.09. The van der Waals surface area contributed by atoms with E-state index in [-0.39, 0.29) is 33.7 Å². The molecule has 0 aliphatic carbocycles. The lowest BCUT2D eigenvalue weighted by Gasteiger charge is -2.25. The third kappa shape index (κ3) is 4.94. The van der Waals surface area contributed by atoms with Crippen molar-refractivity contribution in [2.45, 2.75) is 0 Å². The van der Waals surface area contributed by atoms with Gasteiger partial charge < -0.3 is 20.4 Å². The van der Waals surface area contributed by atoms with Crippen molar-refractivity contribution in [2.75, 3.05) is 43.5 Å². The van der Waals surface area contributed by atoms with Gasteiger partial charge in [0.1, 0.15) is 11.6 Å². The molecule has 0 saturated carbocycles. The molecule has 35 heavy (non-hydrogen) atoms. The number of hydrogen-bond donors (Lipinski definition) is 3. The fourth-order valence-corrected chi connectivity index (χ4v) is 4.63. The van der Waals surface area contributed by atoms with E-state index in [4.69, 9.17) is 27.9 Å². The number of hydrogen-bond acceptors (Lipinski definition) is 6. The van der Waals surface area contributed by atoms with Crippen molar-refractivity contribution in [3.05, 3.63) is 68.8 Å². The fraction of sp³-hybridized carbons (Fsp3) is 0.208. The largest absolute Gasteiger partial charge is 0.379 e. The van der Waals surface area contributed by atoms with E-state index in [9.17, 15) is 14.0 Å². The number of pyridine rings is 2. The highest BCUT2D eigenvalue weighted by atomic mass is 35.5. The summed E-state index contributed by atoms with van der Waals surface area (Å²) in [5, 5.41) is 7.53. The molecule has 5 rings (SSSR count). The van der Waals surface area contributed by atoms with Crippen LogP contribution in [0.5, 0.6) is 0 Å². The Morgan fingerprint density at radius 3 is 2.60 bits per heavy atom. The minimum absolute atomic E-state index is 0.0771. The minimum atomic E-state index is -0.568. The second kappa shape index (κ2) is 9.79. The van der Waals surface area contributed by atoms with Crippen LogP contribution in [0.3, 0.4) is 0 Å². The van der Waals surface area contributed by atoms with Gasteiger partial charge in [-0.05, 0) is 36.4 Å². The first kappa shape index (κ1) is 23.5. The minimum Gasteiger partial charge on any atom is -0.379 e. The van der Waals surface area contributed by atoms with E-state index in [1.165, 1.54) is 6.20 Å². The van der Waals surface area contributed by atoms with Crippen LogP contribution in [0.1, 0.15) is 0 Å². The Hall–Kier alpha value is -3.24. The monoisotopic (exact) mass is 515 g/mol. The Bertz CT molecular complexity index is 1480. The molecule has 11 heteroatoms. The van der Waals surface area contributed by atoms with Gasteiger partial charge in [0.15, 0.2) is 0 Å². The standard InChI is InChI=1S/C24H20Cl2FN5O3/c25-17-9-13(27)10-18(26)22(17)31-23-15-3-4-28-24(34)21(15)16-11-14(1-2-19(16)30-23)29-20(33)12-32-5-7-35-8-6-32/h1-4,9-11H,5-8,12H2,(H,28,34)(H,29,33)(H,30,31). The molecule has 0 spiro atoms. The normalized spacial score (nSPS) is 14.4. The number of carbonyl (C=O) groups is 1. The lowest BCUT2D eigenvalue weighted by atomic mass is 10.1. The highest BCUT2D eigenvalue weighted by molar-refractivity contribution is 6.39. The first-order chi connectivity index (χ1) is 16.9. The molecule has 1 amide bonds. The van der Waals surface area contributed by atoms with Crippen LogP contribution in [0.4, 0.5) is 21.6 Å². The maximum atomic E-state index is 13.6. The summed E-state index contributed by atoms with van der Waals surface area (Å²) in [5.41, 5.74) is 1.01. The Labute approximate surface area is 209 Å². The zero-order valence-electron chi connectivity index (χ0n) is 18.3. The van der Waals surface area contributed by atoms with Crippen LogP contribution < -0.4 is 16.2 Å². The van der Waals surface area contributed by atoms with Crippen molar-refractivity contribution < 1.29 is 13.9 Å². The molecule has 1 fully saturated rings. The summed E-state index contributed by atoms with van der Waals surface area (Å²) in [7, 11) is 0. The number of amides is 1. The smallest absolute Gasteiger partial charge is 0.256 e. The number of aromatic amines is 1. The van der Waals surface area contributed by atoms with Crippen molar-refractivity contribution in [1.29, 1.82) is 0 Å². The van der Waals surface area contributed by atoms with Crippen LogP contribution in [-0.4, -0.2) is 53.6 Å². The van der Waals surface area contributed by atoms with Crippen LogP contribution in [0.15, 0.2) is 47.4 Å². The van der Waals surface area contributed by atoms with Gasteiger partial charge in [-0.2, -0.15) is 0 Å². The summed E-state index contributed by atoms with van der Waals surface area (Å²) in [4.78, 5) is 34.8. The predicted molar refractivity (Wildman–Crippen MR) is 135 cm³/mol. The molecule has 1 aliphatic rings. The highest BCUT2D eigenvalue weighted by Gasteiger charge is 2.17. The van der Waals surface area contributed by atoms with Gasteiger partial charge in [0.2, 0.25) is 5.91 Å². The summed E-state index contributed by atoms with van der Waals surface area (Å²) >= 11 is 12.4. The number of nitrogens with zero attached hydrogens (tertiary/aromatic N) is 2. The van der Waals surface area contributed by atoms with E-state index in [0.717, 1.165) is 12.1 Å². The van der Waals surface area contributed by atoms with Gasteiger partial charge in [0.25, 0.3) is 5.56 Å². The molecule has 2 aromatic heterocycles. The maximum absolute atomic E-state index is 13.6. The lowest BCUT2D eigenvalue weighted by Crippen LogP contribution is -2.41. The summed E-state index contributed by atoms with van der Waals surface area (Å²) < 4.78 is 18.9. The summed E-state index contributed by atoms with van der Waals surface area (Å²) in [5.74, 6) is -0.393. The molecule has 0 atom stereocenters. The Balaban J connectivity index is 1.53. The molecule has 0 radical (unpaired) electrons. The number of benzene rings is 2. The molecule has 180 valence electrons. The number of H-pyrrole nitrogens is 1. The van der Waals surface area contributed by atoms with Crippen molar-refractivity contribution >= 4 is 68.0 Å². The SMILES string of the molecule is O=C(CN1CCOCC1)Nc1ccc2nc(Nc3c(Cl)cc(F)cc3Cl)c3cc[nH]c(=O)c3c2c1. The number of fused-ring (bicyclic) bond motifs is 3. The molecule has 1 aliphatic heterocycles. The zero-order valence-corrected chi connectivity index (χ0v) is 19.8. The van der Waals surface area contributed by atoms with E-state index < -0.39 is 5.82 Å². The first-order valence-electron chi connectivity index (χ1n) is 10.9. The third-order valence-corrected chi connectivity index (χ3v) is 6.32. The topological polar surface area (TPSA) is 99.3 Å². The Kier molecular flexibility index (Phi) is 6.57. The number of anilines is 3. The molecule has 3 N–H and O–H groups in total. The van der Waals surface area contributed by atoms with Gasteiger partial charge in [-0.25, -0.2) is 9.37 Å². The van der Waals surface area contributed by atoms with Crippen LogP contribution >= 0.6 is 23.2 Å². The molecular formula is C24H20Cl2FN5O3. The van der Waals surface area contributed by atoms with E-state index in [0.29, 0.717) is 59.5 Å². The van der Waals surface area contributed by atoms with Crippen LogP contribution in [0.2, 0.25) is 10.0 Å². The quantitative estimate of drug-likeness (QED) is 0.337. The van der Waals surface area contributed by atoms with Crippen molar-refractivity contribution in [1.82, 2.24) is 14.9 Å². The molecular weight excluding hydrogens is 496 g/mol. The van der Waals surface area contributed by atoms with Gasteiger partial charge >= 0.3 is 0 Å². The zero-order chi connectivity index (χ0) is 24.5. The molecule has 3 heterocycles. The molecule has 0 bridgehead atoms. The molecule has 1 saturated heterocycles. The first-order valence-corrected chi connectivity index (χ1v) is 11.6. The predicted octanol–water partition coefficient (Wildman–Crippen LogP) is 4.54. The molecule has 4 aromatic rings. The van der Waals surface area contributed by atoms with E-state index in [1.54, 1.807) is 24.3 Å². The summed E-state index contributed by atoms with van der Waals surface area (Å²) in [6, 6.07) is 9.12. The van der Waals surface area contributed by atoms with E-state index in [2.05, 4.69) is 20.6 Å². The van der Waals surface area contributed by atoms with Crippen LogP contribution in [-0.2, 0) is 9.53 Å². The average molecular weight is 516 g/mol. The van der Waals surface area contributed by atoms with Crippen LogP contribution in [0.25, 0.3) is 21.7 Å². The third-order valence-electron chi connectivity index (χ3n) is 5.72. The number of nitrogens with one attached hydrogen (secondary N) is 3. The van der Waals surface area contributed by atoms with Gasteiger partial charge in [0, 0.05) is 35.7 Å². The number of ether oxygens (including phenoxy) is 1.